The predicted octanol–water partition coefficient (Wildman–Crippen LogP) is 1.13. The summed E-state index contributed by atoms with van der Waals surface area (Å²) in [5, 5.41) is 12.9. The molecule has 2 N–H and O–H groups in total. The lowest BCUT2D eigenvalue weighted by atomic mass is 10.1. The SMILES string of the molecule is Cc1ccc(C(=O)N2CCN[C@@H](C)C2)cc1O. The molecule has 1 heterocycles. The highest BCUT2D eigenvalue weighted by Crippen LogP contribution is 2.19. The minimum absolute atomic E-state index is 0.00588. The number of carbonyl (C=O) groups excluding carboxylic acids is 1. The molecule has 1 amide bonds. The van der Waals surface area contributed by atoms with Crippen LogP contribution in [0, 0.1) is 6.92 Å². The molecule has 92 valence electrons. The highest BCUT2D eigenvalue weighted by atomic mass is 16.3. The summed E-state index contributed by atoms with van der Waals surface area (Å²) in [6.07, 6.45) is 0. The number of aromatic hydroxyl groups is 1. The summed E-state index contributed by atoms with van der Waals surface area (Å²) in [4.78, 5) is 14.0. The van der Waals surface area contributed by atoms with Gasteiger partial charge in [0.15, 0.2) is 0 Å². The fourth-order valence-electron chi connectivity index (χ4n) is 2.04. The molecule has 2 rings (SSSR count). The Bertz CT molecular complexity index is 431. The molecule has 0 spiro atoms. The van der Waals surface area contributed by atoms with Crippen LogP contribution in [-0.2, 0) is 0 Å². The second-order valence-electron chi connectivity index (χ2n) is 4.61. The first-order chi connectivity index (χ1) is 8.08. The van der Waals surface area contributed by atoms with Crippen LogP contribution in [0.4, 0.5) is 0 Å². The van der Waals surface area contributed by atoms with Crippen molar-refractivity contribution in [2.75, 3.05) is 19.6 Å². The molecule has 17 heavy (non-hydrogen) atoms. The van der Waals surface area contributed by atoms with Gasteiger partial charge in [-0.3, -0.25) is 4.79 Å². The number of carbonyl (C=O) groups is 1. The molecule has 0 aliphatic carbocycles. The number of phenolic OH excluding ortho intramolecular Hbond substituents is 1. The maximum absolute atomic E-state index is 12.2. The van der Waals surface area contributed by atoms with Crippen LogP contribution in [0.2, 0.25) is 0 Å². The van der Waals surface area contributed by atoms with Crippen LogP contribution in [0.3, 0.4) is 0 Å². The van der Waals surface area contributed by atoms with Crippen molar-refractivity contribution >= 4 is 5.91 Å². The van der Waals surface area contributed by atoms with E-state index < -0.39 is 0 Å². The monoisotopic (exact) mass is 234 g/mol. The maximum Gasteiger partial charge on any atom is 0.254 e. The van der Waals surface area contributed by atoms with E-state index >= 15 is 0 Å². The summed E-state index contributed by atoms with van der Waals surface area (Å²) in [7, 11) is 0. The average Bonchev–Trinajstić information content (AvgIpc) is 2.32. The lowest BCUT2D eigenvalue weighted by Gasteiger charge is -2.32. The zero-order valence-corrected chi connectivity index (χ0v) is 10.2. The fourth-order valence-corrected chi connectivity index (χ4v) is 2.04. The van der Waals surface area contributed by atoms with E-state index in [1.54, 1.807) is 18.2 Å². The van der Waals surface area contributed by atoms with E-state index in [1.807, 2.05) is 11.8 Å². The minimum Gasteiger partial charge on any atom is -0.508 e. The molecule has 1 saturated heterocycles. The number of aryl methyl sites for hydroxylation is 1. The smallest absolute Gasteiger partial charge is 0.254 e. The third-order valence-electron chi connectivity index (χ3n) is 3.11. The fraction of sp³-hybridized carbons (Fsp3) is 0.462. The number of hydrogen-bond acceptors (Lipinski definition) is 3. The topological polar surface area (TPSA) is 52.6 Å². The summed E-state index contributed by atoms with van der Waals surface area (Å²) in [5.41, 5.74) is 1.34. The lowest BCUT2D eigenvalue weighted by molar-refractivity contribution is 0.0708. The average molecular weight is 234 g/mol. The van der Waals surface area contributed by atoms with Crippen LogP contribution in [0.15, 0.2) is 18.2 Å². The van der Waals surface area contributed by atoms with Crippen molar-refractivity contribution in [1.82, 2.24) is 10.2 Å². The second-order valence-corrected chi connectivity index (χ2v) is 4.61. The lowest BCUT2D eigenvalue weighted by Crippen LogP contribution is -2.51. The molecule has 4 heteroatoms. The molecule has 0 radical (unpaired) electrons. The van der Waals surface area contributed by atoms with Gasteiger partial charge < -0.3 is 15.3 Å². The minimum atomic E-state index is -0.00588. The number of phenols is 1. The first kappa shape index (κ1) is 11.9. The van der Waals surface area contributed by atoms with Crippen LogP contribution < -0.4 is 5.32 Å². The Kier molecular flexibility index (Phi) is 3.33. The van der Waals surface area contributed by atoms with E-state index in [-0.39, 0.29) is 11.7 Å². The van der Waals surface area contributed by atoms with Crippen LogP contribution in [0.1, 0.15) is 22.8 Å². The quantitative estimate of drug-likeness (QED) is 0.766. The summed E-state index contributed by atoms with van der Waals surface area (Å²) >= 11 is 0. The predicted molar refractivity (Wildman–Crippen MR) is 66.2 cm³/mol. The van der Waals surface area contributed by atoms with Gasteiger partial charge in [-0.1, -0.05) is 6.07 Å². The molecular weight excluding hydrogens is 216 g/mol. The summed E-state index contributed by atoms with van der Waals surface area (Å²) in [6, 6.07) is 5.41. The van der Waals surface area contributed by atoms with E-state index in [9.17, 15) is 9.90 Å². The van der Waals surface area contributed by atoms with E-state index in [1.165, 1.54) is 0 Å². The molecule has 1 aliphatic rings. The molecule has 1 atom stereocenters. The van der Waals surface area contributed by atoms with E-state index in [2.05, 4.69) is 12.2 Å². The van der Waals surface area contributed by atoms with Gasteiger partial charge in [0, 0.05) is 31.2 Å². The number of nitrogens with one attached hydrogen (secondary N) is 1. The molecule has 1 aromatic carbocycles. The molecule has 0 bridgehead atoms. The standard InChI is InChI=1S/C13H18N2O2/c1-9-3-4-11(7-12(9)16)13(17)15-6-5-14-10(2)8-15/h3-4,7,10,14,16H,5-6,8H2,1-2H3/t10-/m0/s1. The van der Waals surface area contributed by atoms with Crippen molar-refractivity contribution in [2.24, 2.45) is 0 Å². The van der Waals surface area contributed by atoms with Crippen molar-refractivity contribution in [1.29, 1.82) is 0 Å². The van der Waals surface area contributed by atoms with Crippen LogP contribution in [0.25, 0.3) is 0 Å². The number of piperazine rings is 1. The summed E-state index contributed by atoms with van der Waals surface area (Å²) < 4.78 is 0. The zero-order valence-electron chi connectivity index (χ0n) is 10.2. The van der Waals surface area contributed by atoms with Crippen LogP contribution >= 0.6 is 0 Å². The van der Waals surface area contributed by atoms with Crippen molar-refractivity contribution in [3.8, 4) is 5.75 Å². The number of hydrogen-bond donors (Lipinski definition) is 2. The van der Waals surface area contributed by atoms with Gasteiger partial charge >= 0.3 is 0 Å². The van der Waals surface area contributed by atoms with E-state index in [4.69, 9.17) is 0 Å². The first-order valence-corrected chi connectivity index (χ1v) is 5.90. The third kappa shape index (κ3) is 2.58. The Labute approximate surface area is 101 Å². The Morgan fingerprint density at radius 2 is 2.29 bits per heavy atom. The van der Waals surface area contributed by atoms with Gasteiger partial charge in [-0.25, -0.2) is 0 Å². The van der Waals surface area contributed by atoms with E-state index in [0.29, 0.717) is 18.2 Å². The van der Waals surface area contributed by atoms with Crippen molar-refractivity contribution in [3.63, 3.8) is 0 Å². The van der Waals surface area contributed by atoms with Gasteiger partial charge in [0.05, 0.1) is 0 Å². The van der Waals surface area contributed by atoms with Crippen LogP contribution in [-0.4, -0.2) is 41.6 Å². The van der Waals surface area contributed by atoms with Gasteiger partial charge in [0.1, 0.15) is 5.75 Å². The number of benzene rings is 1. The molecule has 1 fully saturated rings. The molecule has 1 aliphatic heterocycles. The first-order valence-electron chi connectivity index (χ1n) is 5.90. The van der Waals surface area contributed by atoms with Gasteiger partial charge in [-0.15, -0.1) is 0 Å². The molecule has 0 unspecified atom stereocenters. The summed E-state index contributed by atoms with van der Waals surface area (Å²) in [5.74, 6) is 0.174. The Morgan fingerprint density at radius 3 is 2.94 bits per heavy atom. The molecule has 1 aromatic rings. The number of amides is 1. The molecule has 0 saturated carbocycles. The van der Waals surface area contributed by atoms with Crippen molar-refractivity contribution in [3.05, 3.63) is 29.3 Å². The van der Waals surface area contributed by atoms with Crippen LogP contribution in [0.5, 0.6) is 5.75 Å². The largest absolute Gasteiger partial charge is 0.508 e. The highest BCUT2D eigenvalue weighted by molar-refractivity contribution is 5.94. The third-order valence-corrected chi connectivity index (χ3v) is 3.11. The Morgan fingerprint density at radius 1 is 1.53 bits per heavy atom. The normalized spacial score (nSPS) is 20.4. The van der Waals surface area contributed by atoms with Gasteiger partial charge in [-0.05, 0) is 31.5 Å². The maximum atomic E-state index is 12.2. The van der Waals surface area contributed by atoms with Gasteiger partial charge in [-0.2, -0.15) is 0 Å². The Hall–Kier alpha value is -1.55. The number of nitrogens with zero attached hydrogens (tertiary/aromatic N) is 1. The van der Waals surface area contributed by atoms with Crippen molar-refractivity contribution < 1.29 is 9.90 Å². The molecular formula is C13H18N2O2. The summed E-state index contributed by atoms with van der Waals surface area (Å²) in [6.45, 7) is 6.14. The Balaban J connectivity index is 2.15. The second kappa shape index (κ2) is 4.75. The van der Waals surface area contributed by atoms with Crippen molar-refractivity contribution in [2.45, 2.75) is 19.9 Å². The van der Waals surface area contributed by atoms with Gasteiger partial charge in [0.2, 0.25) is 0 Å². The van der Waals surface area contributed by atoms with Gasteiger partial charge in [0.25, 0.3) is 5.91 Å². The zero-order chi connectivity index (χ0) is 12.4. The molecule has 4 nitrogen and oxygen atoms in total. The molecule has 0 aromatic heterocycles. The highest BCUT2D eigenvalue weighted by Gasteiger charge is 2.21. The number of rotatable bonds is 1. The van der Waals surface area contributed by atoms with E-state index in [0.717, 1.165) is 18.7 Å².